The molecule has 0 saturated carbocycles. The third-order valence-corrected chi connectivity index (χ3v) is 6.57. The lowest BCUT2D eigenvalue weighted by atomic mass is 9.89. The van der Waals surface area contributed by atoms with Crippen LogP contribution >= 0.6 is 11.3 Å². The topological polar surface area (TPSA) is 95.6 Å². The second-order valence-electron chi connectivity index (χ2n) is 7.88. The molecular weight excluding hydrogens is 402 g/mol. The molecule has 3 rings (SSSR count). The first-order valence-corrected chi connectivity index (χ1v) is 10.8. The number of aryl methyl sites for hydroxylation is 1. The third-order valence-electron chi connectivity index (χ3n) is 5.40. The first kappa shape index (κ1) is 22.1. The Morgan fingerprint density at radius 1 is 1.47 bits per heavy atom. The van der Waals surface area contributed by atoms with Crippen LogP contribution in [-0.4, -0.2) is 37.5 Å². The Bertz CT molecular complexity index is 985. The molecule has 7 nitrogen and oxygen atoms in total. The van der Waals surface area contributed by atoms with Crippen LogP contribution in [-0.2, 0) is 28.9 Å². The number of anilines is 1. The average Bonchev–Trinajstić information content (AvgIpc) is 3.24. The normalized spacial score (nSPS) is 15.5. The highest BCUT2D eigenvalue weighted by Crippen LogP contribution is 2.39. The number of amides is 1. The highest BCUT2D eigenvalue weighted by Gasteiger charge is 2.24. The molecule has 1 aliphatic rings. The summed E-state index contributed by atoms with van der Waals surface area (Å²) in [5, 5.41) is 13.2. The van der Waals surface area contributed by atoms with Crippen LogP contribution in [0.25, 0.3) is 0 Å². The first-order valence-electron chi connectivity index (χ1n) is 10.0. The SMILES string of the molecule is COC(=O)c1cc(CN(C)CCC(=O)Nc2sc3c(c2C#N)CCC(C)C3)oc1C. The molecule has 1 N–H and O–H groups in total. The fraction of sp³-hybridized carbons (Fsp3) is 0.500. The van der Waals surface area contributed by atoms with E-state index in [0.29, 0.717) is 53.1 Å². The largest absolute Gasteiger partial charge is 0.465 e. The number of esters is 1. The molecule has 0 radical (unpaired) electrons. The zero-order valence-corrected chi connectivity index (χ0v) is 18.6. The van der Waals surface area contributed by atoms with Crippen LogP contribution in [0.3, 0.4) is 0 Å². The molecule has 1 atom stereocenters. The number of nitrogens with zero attached hydrogens (tertiary/aromatic N) is 2. The van der Waals surface area contributed by atoms with Gasteiger partial charge < -0.3 is 14.5 Å². The number of rotatable bonds is 7. The molecule has 160 valence electrons. The van der Waals surface area contributed by atoms with Gasteiger partial charge in [-0.15, -0.1) is 11.3 Å². The van der Waals surface area contributed by atoms with Gasteiger partial charge in [-0.2, -0.15) is 5.26 Å². The minimum Gasteiger partial charge on any atom is -0.465 e. The van der Waals surface area contributed by atoms with Gasteiger partial charge in [0, 0.05) is 17.8 Å². The minimum absolute atomic E-state index is 0.115. The molecule has 8 heteroatoms. The van der Waals surface area contributed by atoms with Crippen LogP contribution in [0.5, 0.6) is 0 Å². The number of hydrogen-bond acceptors (Lipinski definition) is 7. The van der Waals surface area contributed by atoms with E-state index in [2.05, 4.69) is 18.3 Å². The molecule has 0 bridgehead atoms. The van der Waals surface area contributed by atoms with Gasteiger partial charge in [-0.25, -0.2) is 4.79 Å². The summed E-state index contributed by atoms with van der Waals surface area (Å²) in [4.78, 5) is 27.3. The summed E-state index contributed by atoms with van der Waals surface area (Å²) in [5.41, 5.74) is 2.16. The second-order valence-corrected chi connectivity index (χ2v) is 8.98. The van der Waals surface area contributed by atoms with E-state index in [-0.39, 0.29) is 5.91 Å². The van der Waals surface area contributed by atoms with Gasteiger partial charge in [0.1, 0.15) is 28.2 Å². The summed E-state index contributed by atoms with van der Waals surface area (Å²) in [5.74, 6) is 1.23. The summed E-state index contributed by atoms with van der Waals surface area (Å²) in [6.45, 7) is 4.93. The summed E-state index contributed by atoms with van der Waals surface area (Å²) in [6, 6.07) is 3.95. The summed E-state index contributed by atoms with van der Waals surface area (Å²) in [6.07, 6.45) is 3.26. The lowest BCUT2D eigenvalue weighted by Gasteiger charge is -2.17. The Morgan fingerprint density at radius 2 is 2.23 bits per heavy atom. The predicted octanol–water partition coefficient (Wildman–Crippen LogP) is 3.89. The molecular formula is C22H27N3O4S. The Balaban J connectivity index is 1.55. The van der Waals surface area contributed by atoms with Gasteiger partial charge in [-0.3, -0.25) is 9.69 Å². The highest BCUT2D eigenvalue weighted by molar-refractivity contribution is 7.16. The van der Waals surface area contributed by atoms with Crippen molar-refractivity contribution in [3.63, 3.8) is 0 Å². The quantitative estimate of drug-likeness (QED) is 0.671. The van der Waals surface area contributed by atoms with E-state index in [1.54, 1.807) is 13.0 Å². The third kappa shape index (κ3) is 4.91. The van der Waals surface area contributed by atoms with E-state index in [9.17, 15) is 14.9 Å². The molecule has 1 aliphatic carbocycles. The van der Waals surface area contributed by atoms with E-state index in [4.69, 9.17) is 9.15 Å². The van der Waals surface area contributed by atoms with E-state index >= 15 is 0 Å². The van der Waals surface area contributed by atoms with E-state index < -0.39 is 5.97 Å². The lowest BCUT2D eigenvalue weighted by Crippen LogP contribution is -2.23. The zero-order valence-electron chi connectivity index (χ0n) is 17.8. The number of carbonyl (C=O) groups excluding carboxylic acids is 2. The monoisotopic (exact) mass is 429 g/mol. The van der Waals surface area contributed by atoms with Gasteiger partial charge in [0.2, 0.25) is 5.91 Å². The minimum atomic E-state index is -0.425. The fourth-order valence-corrected chi connectivity index (χ4v) is 5.10. The number of methoxy groups -OCH3 is 1. The maximum atomic E-state index is 12.5. The number of nitriles is 1. The van der Waals surface area contributed by atoms with Crippen molar-refractivity contribution in [3.05, 3.63) is 39.2 Å². The smallest absolute Gasteiger partial charge is 0.341 e. The second kappa shape index (κ2) is 9.45. The van der Waals surface area contributed by atoms with Crippen molar-refractivity contribution < 1.29 is 18.7 Å². The Morgan fingerprint density at radius 3 is 2.93 bits per heavy atom. The fourth-order valence-electron chi connectivity index (χ4n) is 3.72. The van der Waals surface area contributed by atoms with Gasteiger partial charge in [-0.1, -0.05) is 6.92 Å². The van der Waals surface area contributed by atoms with Crippen molar-refractivity contribution in [1.82, 2.24) is 4.90 Å². The van der Waals surface area contributed by atoms with Crippen LogP contribution < -0.4 is 5.32 Å². The van der Waals surface area contributed by atoms with Crippen LogP contribution in [0.1, 0.15) is 57.6 Å². The first-order chi connectivity index (χ1) is 14.3. The lowest BCUT2D eigenvalue weighted by molar-refractivity contribution is -0.116. The predicted molar refractivity (Wildman–Crippen MR) is 115 cm³/mol. The van der Waals surface area contributed by atoms with Crippen molar-refractivity contribution >= 4 is 28.2 Å². The molecule has 30 heavy (non-hydrogen) atoms. The van der Waals surface area contributed by atoms with E-state index in [1.165, 1.54) is 23.3 Å². The molecule has 0 aromatic carbocycles. The number of nitrogens with one attached hydrogen (secondary N) is 1. The van der Waals surface area contributed by atoms with Crippen molar-refractivity contribution in [2.45, 2.75) is 46.1 Å². The molecule has 2 aromatic heterocycles. The Hall–Kier alpha value is -2.63. The van der Waals surface area contributed by atoms with Gasteiger partial charge in [0.15, 0.2) is 0 Å². The molecule has 0 spiro atoms. The molecule has 2 heterocycles. The molecule has 0 aliphatic heterocycles. The van der Waals surface area contributed by atoms with Crippen molar-refractivity contribution in [1.29, 1.82) is 5.26 Å². The number of ether oxygens (including phenoxy) is 1. The summed E-state index contributed by atoms with van der Waals surface area (Å²) in [7, 11) is 3.22. The number of hydrogen-bond donors (Lipinski definition) is 1. The van der Waals surface area contributed by atoms with Gasteiger partial charge >= 0.3 is 5.97 Å². The molecule has 0 fully saturated rings. The van der Waals surface area contributed by atoms with Crippen molar-refractivity contribution in [2.75, 3.05) is 26.0 Å². The van der Waals surface area contributed by atoms with Gasteiger partial charge in [-0.05, 0) is 50.8 Å². The van der Waals surface area contributed by atoms with E-state index in [1.807, 2.05) is 11.9 Å². The molecule has 1 amide bonds. The van der Waals surface area contributed by atoms with Crippen LogP contribution in [0, 0.1) is 24.2 Å². The number of furan rings is 1. The maximum absolute atomic E-state index is 12.5. The van der Waals surface area contributed by atoms with E-state index in [0.717, 1.165) is 24.8 Å². The van der Waals surface area contributed by atoms with Crippen LogP contribution in [0.4, 0.5) is 5.00 Å². The molecule has 2 aromatic rings. The Kier molecular flexibility index (Phi) is 6.95. The number of thiophene rings is 1. The van der Waals surface area contributed by atoms with Crippen LogP contribution in [0.2, 0.25) is 0 Å². The Labute approximate surface area is 180 Å². The number of fused-ring (bicyclic) bond motifs is 1. The summed E-state index contributed by atoms with van der Waals surface area (Å²) >= 11 is 1.54. The molecule has 0 saturated heterocycles. The standard InChI is InChI=1S/C22H27N3O4S/c1-13-5-6-16-18(11-23)21(30-19(16)9-13)24-20(26)7-8-25(3)12-15-10-17(14(2)29-15)22(27)28-4/h10,13H,5-9,12H2,1-4H3,(H,24,26). The van der Waals surface area contributed by atoms with Gasteiger partial charge in [0.05, 0.1) is 19.2 Å². The van der Waals surface area contributed by atoms with Crippen molar-refractivity contribution in [3.8, 4) is 6.07 Å². The van der Waals surface area contributed by atoms with Gasteiger partial charge in [0.25, 0.3) is 0 Å². The van der Waals surface area contributed by atoms with Crippen molar-refractivity contribution in [2.24, 2.45) is 5.92 Å². The number of carbonyl (C=O) groups is 2. The zero-order chi connectivity index (χ0) is 21.8. The summed E-state index contributed by atoms with van der Waals surface area (Å²) < 4.78 is 10.4. The average molecular weight is 430 g/mol. The molecule has 1 unspecified atom stereocenters. The highest BCUT2D eigenvalue weighted by atomic mass is 32.1. The van der Waals surface area contributed by atoms with Crippen LogP contribution in [0.15, 0.2) is 10.5 Å². The maximum Gasteiger partial charge on any atom is 0.341 e.